The minimum Gasteiger partial charge on any atom is -0.298 e. The molecule has 0 aliphatic carbocycles. The Hall–Kier alpha value is -2.00. The van der Waals surface area contributed by atoms with Crippen LogP contribution < -0.4 is 5.32 Å². The molecule has 1 fully saturated rings. The highest BCUT2D eigenvalue weighted by Gasteiger charge is 2.31. The molecule has 0 spiro atoms. The monoisotopic (exact) mass is 477 g/mol. The second kappa shape index (κ2) is 8.50. The van der Waals surface area contributed by atoms with Crippen LogP contribution in [0.15, 0.2) is 41.3 Å². The molecule has 2 aromatic carbocycles. The number of halogens is 1. The van der Waals surface area contributed by atoms with Gasteiger partial charge in [0.1, 0.15) is 0 Å². The Morgan fingerprint density at radius 3 is 2.39 bits per heavy atom. The largest absolute Gasteiger partial charge is 0.298 e. The molecule has 0 radical (unpaired) electrons. The van der Waals surface area contributed by atoms with Crippen molar-refractivity contribution >= 4 is 54.2 Å². The van der Waals surface area contributed by atoms with Crippen LogP contribution in [0.3, 0.4) is 0 Å². The number of amides is 1. The Morgan fingerprint density at radius 1 is 1.13 bits per heavy atom. The summed E-state index contributed by atoms with van der Waals surface area (Å²) in [6, 6.07) is 9.75. The van der Waals surface area contributed by atoms with Crippen molar-refractivity contribution in [2.45, 2.75) is 32.1 Å². The van der Waals surface area contributed by atoms with Gasteiger partial charge in [0.15, 0.2) is 5.13 Å². The lowest BCUT2D eigenvalue weighted by molar-refractivity contribution is 0.102. The van der Waals surface area contributed by atoms with Crippen LogP contribution >= 0.6 is 22.9 Å². The van der Waals surface area contributed by atoms with Crippen molar-refractivity contribution in [3.05, 3.63) is 52.5 Å². The molecule has 1 aliphatic rings. The van der Waals surface area contributed by atoms with Gasteiger partial charge in [-0.05, 0) is 61.1 Å². The topological polar surface area (TPSA) is 79.4 Å². The molecule has 31 heavy (non-hydrogen) atoms. The standard InChI is InChI=1S/C22H24ClN3O3S2/c1-13-10-14(2)12-26(11-13)31(28,29)17-7-5-16(6-8-17)21(27)25-22-24-19-15(3)4-9-18(23)20(19)30-22/h4-9,13-14H,10-12H2,1-3H3,(H,24,25,27)/t13-,14-/m1/s1. The maximum absolute atomic E-state index is 13.0. The van der Waals surface area contributed by atoms with E-state index in [0.29, 0.717) is 40.6 Å². The quantitative estimate of drug-likeness (QED) is 0.561. The first-order valence-corrected chi connectivity index (χ1v) is 12.8. The number of benzene rings is 2. The lowest BCUT2D eigenvalue weighted by atomic mass is 9.94. The van der Waals surface area contributed by atoms with E-state index < -0.39 is 10.0 Å². The van der Waals surface area contributed by atoms with Crippen molar-refractivity contribution in [2.24, 2.45) is 11.8 Å². The van der Waals surface area contributed by atoms with Crippen LogP contribution in [0.2, 0.25) is 5.02 Å². The van der Waals surface area contributed by atoms with Crippen molar-refractivity contribution in [3.63, 3.8) is 0 Å². The molecule has 0 bridgehead atoms. The average molecular weight is 478 g/mol. The fraction of sp³-hybridized carbons (Fsp3) is 0.364. The Bertz CT molecular complexity index is 1190. The van der Waals surface area contributed by atoms with E-state index in [1.807, 2.05) is 19.1 Å². The molecule has 1 aromatic heterocycles. The van der Waals surface area contributed by atoms with E-state index in [1.54, 1.807) is 4.31 Å². The summed E-state index contributed by atoms with van der Waals surface area (Å²) in [5.41, 5.74) is 2.10. The van der Waals surface area contributed by atoms with Crippen molar-refractivity contribution in [1.82, 2.24) is 9.29 Å². The van der Waals surface area contributed by atoms with E-state index in [-0.39, 0.29) is 10.8 Å². The molecule has 2 heterocycles. The number of nitrogens with zero attached hydrogens (tertiary/aromatic N) is 2. The molecule has 1 amide bonds. The summed E-state index contributed by atoms with van der Waals surface area (Å²) in [5.74, 6) is 0.307. The van der Waals surface area contributed by atoms with Gasteiger partial charge in [-0.25, -0.2) is 13.4 Å². The molecular weight excluding hydrogens is 454 g/mol. The molecule has 9 heteroatoms. The molecule has 1 N–H and O–H groups in total. The average Bonchev–Trinajstić information content (AvgIpc) is 3.15. The number of fused-ring (bicyclic) bond motifs is 1. The second-order valence-electron chi connectivity index (χ2n) is 8.31. The number of rotatable bonds is 4. The highest BCUT2D eigenvalue weighted by atomic mass is 35.5. The van der Waals surface area contributed by atoms with Gasteiger partial charge in [-0.3, -0.25) is 10.1 Å². The lowest BCUT2D eigenvalue weighted by Crippen LogP contribution is -2.42. The minimum atomic E-state index is -3.58. The van der Waals surface area contributed by atoms with Crippen LogP contribution in [-0.2, 0) is 10.0 Å². The summed E-state index contributed by atoms with van der Waals surface area (Å²) >= 11 is 7.54. The van der Waals surface area contributed by atoms with Crippen molar-refractivity contribution < 1.29 is 13.2 Å². The first-order valence-electron chi connectivity index (χ1n) is 10.1. The number of piperidine rings is 1. The number of sulfonamides is 1. The lowest BCUT2D eigenvalue weighted by Gasteiger charge is -2.34. The predicted molar refractivity (Wildman–Crippen MR) is 125 cm³/mol. The number of thiazole rings is 1. The van der Waals surface area contributed by atoms with Crippen LogP contribution in [0.25, 0.3) is 10.2 Å². The molecule has 3 aromatic rings. The fourth-order valence-corrected chi connectivity index (χ4v) is 6.94. The zero-order valence-corrected chi connectivity index (χ0v) is 19.9. The third-order valence-electron chi connectivity index (χ3n) is 5.51. The Kier molecular flexibility index (Phi) is 6.09. The molecule has 4 rings (SSSR count). The van der Waals surface area contributed by atoms with Crippen molar-refractivity contribution in [2.75, 3.05) is 18.4 Å². The number of nitrogens with one attached hydrogen (secondary N) is 1. The van der Waals surface area contributed by atoms with Crippen LogP contribution in [0.1, 0.15) is 36.2 Å². The van der Waals surface area contributed by atoms with Gasteiger partial charge < -0.3 is 0 Å². The highest BCUT2D eigenvalue weighted by molar-refractivity contribution is 7.89. The molecule has 1 saturated heterocycles. The summed E-state index contributed by atoms with van der Waals surface area (Å²) in [5, 5.41) is 3.83. The molecule has 2 atom stereocenters. The third kappa shape index (κ3) is 4.48. The van der Waals surface area contributed by atoms with Crippen LogP contribution in [-0.4, -0.2) is 36.7 Å². The molecule has 0 unspecified atom stereocenters. The van der Waals surface area contributed by atoms with Gasteiger partial charge in [0.25, 0.3) is 5.91 Å². The van der Waals surface area contributed by atoms with Gasteiger partial charge in [-0.2, -0.15) is 4.31 Å². The number of aryl methyl sites for hydroxylation is 1. The molecule has 6 nitrogen and oxygen atoms in total. The number of carbonyl (C=O) groups excluding carboxylic acids is 1. The maximum Gasteiger partial charge on any atom is 0.257 e. The maximum atomic E-state index is 13.0. The fourth-order valence-electron chi connectivity index (χ4n) is 4.05. The van der Waals surface area contributed by atoms with Gasteiger partial charge in [0.05, 0.1) is 20.1 Å². The minimum absolute atomic E-state index is 0.202. The first-order chi connectivity index (χ1) is 14.6. The first kappa shape index (κ1) is 22.2. The second-order valence-corrected chi connectivity index (χ2v) is 11.7. The predicted octanol–water partition coefficient (Wildman–Crippen LogP) is 5.18. The van der Waals surface area contributed by atoms with Crippen LogP contribution in [0.4, 0.5) is 5.13 Å². The molecule has 0 saturated carbocycles. The van der Waals surface area contributed by atoms with Crippen molar-refractivity contribution in [1.29, 1.82) is 0 Å². The molecular formula is C22H24ClN3O3S2. The van der Waals surface area contributed by atoms with E-state index >= 15 is 0 Å². The van der Waals surface area contributed by atoms with Gasteiger partial charge in [-0.15, -0.1) is 0 Å². The number of hydrogen-bond acceptors (Lipinski definition) is 5. The van der Waals surface area contributed by atoms with Crippen LogP contribution in [0, 0.1) is 18.8 Å². The SMILES string of the molecule is Cc1ccc(Cl)c2sc(NC(=O)c3ccc(S(=O)(=O)N4C[C@H](C)C[C@@H](C)C4)cc3)nc12. The van der Waals surface area contributed by atoms with E-state index in [2.05, 4.69) is 24.1 Å². The Morgan fingerprint density at radius 2 is 1.77 bits per heavy atom. The van der Waals surface area contributed by atoms with E-state index in [4.69, 9.17) is 11.6 Å². The van der Waals surface area contributed by atoms with Crippen LogP contribution in [0.5, 0.6) is 0 Å². The van der Waals surface area contributed by atoms with E-state index in [9.17, 15) is 13.2 Å². The smallest absolute Gasteiger partial charge is 0.257 e. The third-order valence-corrected chi connectivity index (χ3v) is 8.78. The summed E-state index contributed by atoms with van der Waals surface area (Å²) in [6.07, 6.45) is 1.03. The zero-order chi connectivity index (χ0) is 22.3. The van der Waals surface area contributed by atoms with Gasteiger partial charge in [-0.1, -0.05) is 42.9 Å². The van der Waals surface area contributed by atoms with Gasteiger partial charge in [0, 0.05) is 18.7 Å². The Labute approximate surface area is 191 Å². The summed E-state index contributed by atoms with van der Waals surface area (Å²) in [7, 11) is -3.58. The number of carbonyl (C=O) groups is 1. The normalized spacial score (nSPS) is 20.1. The summed E-state index contributed by atoms with van der Waals surface area (Å²) in [6.45, 7) is 7.13. The number of hydrogen-bond donors (Lipinski definition) is 1. The van der Waals surface area contributed by atoms with E-state index in [1.165, 1.54) is 35.6 Å². The summed E-state index contributed by atoms with van der Waals surface area (Å²) < 4.78 is 28.4. The van der Waals surface area contributed by atoms with Gasteiger partial charge in [0.2, 0.25) is 10.0 Å². The molecule has 1 aliphatic heterocycles. The van der Waals surface area contributed by atoms with Crippen molar-refractivity contribution in [3.8, 4) is 0 Å². The summed E-state index contributed by atoms with van der Waals surface area (Å²) in [4.78, 5) is 17.3. The van der Waals surface area contributed by atoms with Gasteiger partial charge >= 0.3 is 0 Å². The Balaban J connectivity index is 1.52. The number of anilines is 1. The highest BCUT2D eigenvalue weighted by Crippen LogP contribution is 2.34. The molecule has 164 valence electrons. The zero-order valence-electron chi connectivity index (χ0n) is 17.6. The van der Waals surface area contributed by atoms with E-state index in [0.717, 1.165) is 22.2 Å². The number of aromatic nitrogens is 1.